The van der Waals surface area contributed by atoms with E-state index in [-0.39, 0.29) is 28.1 Å². The summed E-state index contributed by atoms with van der Waals surface area (Å²) in [4.78, 5) is 29.2. The van der Waals surface area contributed by atoms with Crippen LogP contribution in [0.3, 0.4) is 0 Å². The summed E-state index contributed by atoms with van der Waals surface area (Å²) in [7, 11) is 1.40. The second kappa shape index (κ2) is 10.4. The molecule has 0 atom stereocenters. The molecule has 0 fully saturated rings. The van der Waals surface area contributed by atoms with Crippen molar-refractivity contribution in [1.29, 1.82) is 0 Å². The highest BCUT2D eigenvalue weighted by atomic mass is 127. The third kappa shape index (κ3) is 5.38. The van der Waals surface area contributed by atoms with Crippen LogP contribution in [-0.4, -0.2) is 24.9 Å². The van der Waals surface area contributed by atoms with Gasteiger partial charge in [-0.1, -0.05) is 34.8 Å². The highest BCUT2D eigenvalue weighted by Gasteiger charge is 2.26. The zero-order valence-electron chi connectivity index (χ0n) is 17.3. The second-order valence-electron chi connectivity index (χ2n) is 6.89. The number of carbonyl (C=O) groups is 2. The molecule has 0 amide bonds. The number of aliphatic imine (C=N–C) groups is 1. The first-order valence-electron chi connectivity index (χ1n) is 9.58. The molecule has 1 heterocycles. The van der Waals surface area contributed by atoms with Crippen molar-refractivity contribution in [1.82, 2.24) is 0 Å². The number of rotatable bonds is 5. The van der Waals surface area contributed by atoms with Gasteiger partial charge in [0.15, 0.2) is 17.2 Å². The third-order valence-corrected chi connectivity index (χ3v) is 6.14. The highest BCUT2D eigenvalue weighted by molar-refractivity contribution is 14.1. The van der Waals surface area contributed by atoms with E-state index < -0.39 is 11.9 Å². The number of halogens is 4. The van der Waals surface area contributed by atoms with Crippen LogP contribution in [0.4, 0.5) is 0 Å². The molecule has 4 rings (SSSR count). The van der Waals surface area contributed by atoms with Crippen LogP contribution in [0.25, 0.3) is 6.08 Å². The molecule has 0 radical (unpaired) electrons. The quantitative estimate of drug-likeness (QED) is 0.134. The van der Waals surface area contributed by atoms with Crippen molar-refractivity contribution in [2.75, 3.05) is 7.11 Å². The predicted molar refractivity (Wildman–Crippen MR) is 139 cm³/mol. The van der Waals surface area contributed by atoms with E-state index in [2.05, 4.69) is 27.6 Å². The average Bonchev–Trinajstić information content (AvgIpc) is 3.17. The third-order valence-electron chi connectivity index (χ3n) is 4.61. The van der Waals surface area contributed by atoms with Crippen LogP contribution in [-0.2, 0) is 9.53 Å². The summed E-state index contributed by atoms with van der Waals surface area (Å²) in [6.45, 7) is 0. The number of nitrogens with zero attached hydrogens (tertiary/aromatic N) is 1. The molecule has 0 bridgehead atoms. The van der Waals surface area contributed by atoms with Crippen molar-refractivity contribution in [2.24, 2.45) is 4.99 Å². The molecule has 0 saturated heterocycles. The lowest BCUT2D eigenvalue weighted by molar-refractivity contribution is -0.129. The normalized spacial score (nSPS) is 14.1. The predicted octanol–water partition coefficient (Wildman–Crippen LogP) is 6.82. The van der Waals surface area contributed by atoms with Crippen molar-refractivity contribution in [3.63, 3.8) is 0 Å². The van der Waals surface area contributed by atoms with Gasteiger partial charge < -0.3 is 14.2 Å². The summed E-state index contributed by atoms with van der Waals surface area (Å²) in [5, 5.41) is 1.000. The van der Waals surface area contributed by atoms with Crippen LogP contribution in [0.1, 0.15) is 21.5 Å². The number of methoxy groups -OCH3 is 1. The minimum atomic E-state index is -0.641. The van der Waals surface area contributed by atoms with Gasteiger partial charge in [0.05, 0.1) is 28.3 Å². The molecule has 1 aliphatic rings. The molecule has 0 aliphatic carbocycles. The molecule has 3 aromatic rings. The monoisotopic (exact) mass is 627 g/mol. The Balaban J connectivity index is 1.64. The van der Waals surface area contributed by atoms with Crippen LogP contribution in [0.2, 0.25) is 15.1 Å². The first-order chi connectivity index (χ1) is 16.2. The molecular weight excluding hydrogens is 616 g/mol. The van der Waals surface area contributed by atoms with Crippen molar-refractivity contribution >= 4 is 81.3 Å². The van der Waals surface area contributed by atoms with E-state index in [0.717, 1.165) is 3.57 Å². The van der Waals surface area contributed by atoms with Crippen LogP contribution >= 0.6 is 57.4 Å². The minimum Gasteiger partial charge on any atom is -0.493 e. The van der Waals surface area contributed by atoms with Crippen molar-refractivity contribution < 1.29 is 23.8 Å². The lowest BCUT2D eigenvalue weighted by atomic mass is 10.1. The Morgan fingerprint density at radius 2 is 1.76 bits per heavy atom. The minimum absolute atomic E-state index is 0.0371. The van der Waals surface area contributed by atoms with Crippen LogP contribution in [0.15, 0.2) is 65.3 Å². The van der Waals surface area contributed by atoms with Crippen LogP contribution < -0.4 is 9.47 Å². The molecule has 0 spiro atoms. The van der Waals surface area contributed by atoms with E-state index in [1.54, 1.807) is 30.3 Å². The van der Waals surface area contributed by atoms with Gasteiger partial charge in [-0.25, -0.2) is 14.6 Å². The molecule has 1 aliphatic heterocycles. The number of cyclic esters (lactones) is 1. The summed E-state index contributed by atoms with van der Waals surface area (Å²) in [6, 6.07) is 14.6. The van der Waals surface area contributed by atoms with Gasteiger partial charge in [0.1, 0.15) is 0 Å². The molecule has 0 aromatic heterocycles. The maximum atomic E-state index is 12.5. The standard InChI is InChI=1S/C24H13Cl3INO5/c1-32-20-10-12(8-18(27)21(20)33-23(30)13-2-4-14(25)5-3-13)9-19-24(31)34-22(29-19)16-11-15(28)6-7-17(16)26/h2-11H,1H3/b19-9-. The number of esters is 2. The van der Waals surface area contributed by atoms with Gasteiger partial charge in [-0.15, -0.1) is 0 Å². The van der Waals surface area contributed by atoms with Crippen LogP contribution in [0.5, 0.6) is 11.5 Å². The van der Waals surface area contributed by atoms with Crippen LogP contribution in [0, 0.1) is 3.57 Å². The lowest BCUT2D eigenvalue weighted by Crippen LogP contribution is -2.09. The molecule has 0 N–H and O–H groups in total. The fourth-order valence-electron chi connectivity index (χ4n) is 3.00. The highest BCUT2D eigenvalue weighted by Crippen LogP contribution is 2.38. The average molecular weight is 629 g/mol. The molecule has 3 aromatic carbocycles. The topological polar surface area (TPSA) is 74.2 Å². The lowest BCUT2D eigenvalue weighted by Gasteiger charge is -2.12. The molecule has 6 nitrogen and oxygen atoms in total. The van der Waals surface area contributed by atoms with Crippen molar-refractivity contribution in [3.8, 4) is 11.5 Å². The van der Waals surface area contributed by atoms with Gasteiger partial charge in [0.2, 0.25) is 5.90 Å². The first kappa shape index (κ1) is 24.5. The molecule has 34 heavy (non-hydrogen) atoms. The van der Waals surface area contributed by atoms with Crippen molar-refractivity contribution in [2.45, 2.75) is 0 Å². The fraction of sp³-hybridized carbons (Fsp3) is 0.0417. The Kier molecular flexibility index (Phi) is 7.47. The van der Waals surface area contributed by atoms with Gasteiger partial charge in [0.25, 0.3) is 0 Å². The maximum absolute atomic E-state index is 12.5. The largest absolute Gasteiger partial charge is 0.493 e. The smallest absolute Gasteiger partial charge is 0.363 e. The Bertz CT molecular complexity index is 1370. The van der Waals surface area contributed by atoms with Gasteiger partial charge in [-0.05, 0) is 88.8 Å². The first-order valence-corrected chi connectivity index (χ1v) is 11.8. The summed E-state index contributed by atoms with van der Waals surface area (Å²) in [6.07, 6.45) is 1.48. The second-order valence-corrected chi connectivity index (χ2v) is 9.39. The van der Waals surface area contributed by atoms with E-state index in [4.69, 9.17) is 49.0 Å². The fourth-order valence-corrected chi connectivity index (χ4v) is 4.08. The molecule has 0 saturated carbocycles. The van der Waals surface area contributed by atoms with E-state index in [1.807, 2.05) is 6.07 Å². The van der Waals surface area contributed by atoms with Crippen molar-refractivity contribution in [3.05, 3.63) is 95.6 Å². The number of hydrogen-bond acceptors (Lipinski definition) is 6. The molecule has 172 valence electrons. The van der Waals surface area contributed by atoms with E-state index in [9.17, 15) is 9.59 Å². The van der Waals surface area contributed by atoms with Gasteiger partial charge in [0, 0.05) is 8.59 Å². The number of benzene rings is 3. The zero-order valence-corrected chi connectivity index (χ0v) is 21.7. The number of carbonyl (C=O) groups excluding carboxylic acids is 2. The summed E-state index contributed by atoms with van der Waals surface area (Å²) >= 11 is 20.6. The zero-order chi connectivity index (χ0) is 24.4. The molecule has 10 heteroatoms. The Labute approximate surface area is 223 Å². The molecule has 0 unspecified atom stereocenters. The summed E-state index contributed by atoms with van der Waals surface area (Å²) in [5.41, 5.74) is 1.33. The molecular formula is C24H13Cl3INO5. The van der Waals surface area contributed by atoms with Gasteiger partial charge >= 0.3 is 11.9 Å². The SMILES string of the molecule is COc1cc(/C=C2\N=C(c3cc(I)ccc3Cl)OC2=O)cc(Cl)c1OC(=O)c1ccc(Cl)cc1. The Morgan fingerprint density at radius 3 is 2.47 bits per heavy atom. The van der Waals surface area contributed by atoms with E-state index >= 15 is 0 Å². The summed E-state index contributed by atoms with van der Waals surface area (Å²) < 4.78 is 17.0. The van der Waals surface area contributed by atoms with Gasteiger partial charge in [-0.2, -0.15) is 0 Å². The van der Waals surface area contributed by atoms with E-state index in [1.165, 1.54) is 31.4 Å². The van der Waals surface area contributed by atoms with E-state index in [0.29, 0.717) is 26.7 Å². The Hall–Kier alpha value is -2.59. The number of hydrogen-bond donors (Lipinski definition) is 0. The number of ether oxygens (including phenoxy) is 3. The maximum Gasteiger partial charge on any atom is 0.363 e. The Morgan fingerprint density at radius 1 is 1.03 bits per heavy atom. The van der Waals surface area contributed by atoms with Gasteiger partial charge in [-0.3, -0.25) is 0 Å². The summed E-state index contributed by atoms with van der Waals surface area (Å²) in [5.74, 6) is -0.941.